The molecule has 0 fully saturated rings. The van der Waals surface area contributed by atoms with E-state index in [1.807, 2.05) is 30.0 Å². The Bertz CT molecular complexity index is 495. The smallest absolute Gasteiger partial charge is 0.0246 e. The molecule has 0 aliphatic carbocycles. The van der Waals surface area contributed by atoms with Gasteiger partial charge in [-0.3, -0.25) is 0 Å². The number of fused-ring (bicyclic) bond motifs is 1. The average Bonchev–Trinajstić information content (AvgIpc) is 2.39. The summed E-state index contributed by atoms with van der Waals surface area (Å²) in [6.45, 7) is 7.83. The second kappa shape index (κ2) is 5.50. The van der Waals surface area contributed by atoms with Gasteiger partial charge in [0, 0.05) is 15.9 Å². The van der Waals surface area contributed by atoms with E-state index < -0.39 is 0 Å². The maximum atomic E-state index is 5.52. The van der Waals surface area contributed by atoms with Crippen LogP contribution in [-0.4, -0.2) is 5.75 Å². The summed E-state index contributed by atoms with van der Waals surface area (Å²) < 4.78 is 0. The van der Waals surface area contributed by atoms with Crippen LogP contribution in [0.25, 0.3) is 0 Å². The molecule has 1 heteroatoms. The first-order valence-electron chi connectivity index (χ1n) is 6.21. The maximum absolute atomic E-state index is 5.52. The highest BCUT2D eigenvalue weighted by atomic mass is 32.2. The Morgan fingerprint density at radius 2 is 2.06 bits per heavy atom. The van der Waals surface area contributed by atoms with Crippen LogP contribution in [0.15, 0.2) is 48.4 Å². The highest BCUT2D eigenvalue weighted by Gasteiger charge is 2.34. The molecule has 0 nitrogen and oxygen atoms in total. The molecule has 0 unspecified atom stereocenters. The summed E-state index contributed by atoms with van der Waals surface area (Å²) in [4.78, 5) is 1.36. The molecule has 1 aromatic carbocycles. The minimum atomic E-state index is 0.150. The quantitative estimate of drug-likeness (QED) is 0.561. The molecular formula is C17H18S. The van der Waals surface area contributed by atoms with Gasteiger partial charge in [0.05, 0.1) is 0 Å². The molecule has 0 radical (unpaired) electrons. The molecule has 0 aromatic heterocycles. The first-order chi connectivity index (χ1) is 8.75. The predicted octanol–water partition coefficient (Wildman–Crippen LogP) is 4.55. The van der Waals surface area contributed by atoms with Crippen molar-refractivity contribution in [3.8, 4) is 12.3 Å². The van der Waals surface area contributed by atoms with Gasteiger partial charge in [0.2, 0.25) is 0 Å². The van der Waals surface area contributed by atoms with Crippen LogP contribution in [-0.2, 0) is 5.41 Å². The molecule has 0 atom stereocenters. The van der Waals surface area contributed by atoms with Crippen LogP contribution in [0.1, 0.15) is 30.4 Å². The topological polar surface area (TPSA) is 0 Å². The van der Waals surface area contributed by atoms with Crippen molar-refractivity contribution in [2.24, 2.45) is 0 Å². The summed E-state index contributed by atoms with van der Waals surface area (Å²) in [5, 5.41) is 0. The third-order valence-corrected chi connectivity index (χ3v) is 4.70. The van der Waals surface area contributed by atoms with E-state index in [4.69, 9.17) is 6.42 Å². The van der Waals surface area contributed by atoms with Crippen LogP contribution in [0.2, 0.25) is 0 Å². The van der Waals surface area contributed by atoms with Gasteiger partial charge in [0.15, 0.2) is 0 Å². The molecule has 18 heavy (non-hydrogen) atoms. The minimum absolute atomic E-state index is 0.150. The summed E-state index contributed by atoms with van der Waals surface area (Å²) in [5.74, 6) is 3.89. The van der Waals surface area contributed by atoms with Gasteiger partial charge in [-0.1, -0.05) is 18.1 Å². The molecular weight excluding hydrogens is 236 g/mol. The first-order valence-corrected chi connectivity index (χ1v) is 7.20. The lowest BCUT2D eigenvalue weighted by Gasteiger charge is -2.38. The van der Waals surface area contributed by atoms with E-state index in [0.717, 1.165) is 30.6 Å². The van der Waals surface area contributed by atoms with Crippen molar-refractivity contribution in [1.82, 2.24) is 0 Å². The SMILES string of the molecule is C#Cc1ccc2c(c1)C(CC=C)(CC=C)CCS2. The predicted molar refractivity (Wildman–Crippen MR) is 81.0 cm³/mol. The fourth-order valence-corrected chi connectivity index (χ4v) is 4.02. The highest BCUT2D eigenvalue weighted by molar-refractivity contribution is 7.99. The third kappa shape index (κ3) is 2.26. The van der Waals surface area contributed by atoms with Gasteiger partial charge in [-0.25, -0.2) is 0 Å². The zero-order valence-corrected chi connectivity index (χ0v) is 11.4. The molecule has 0 saturated heterocycles. The Balaban J connectivity index is 2.55. The number of hydrogen-bond donors (Lipinski definition) is 0. The summed E-state index contributed by atoms with van der Waals surface area (Å²) in [6.07, 6.45) is 12.7. The number of hydrogen-bond acceptors (Lipinski definition) is 1. The zero-order chi connectivity index (χ0) is 13.0. The molecule has 1 heterocycles. The number of terminal acetylenes is 1. The highest BCUT2D eigenvalue weighted by Crippen LogP contribution is 2.46. The van der Waals surface area contributed by atoms with E-state index in [1.54, 1.807) is 0 Å². The molecule has 1 aliphatic rings. The lowest BCUT2D eigenvalue weighted by atomic mass is 9.72. The number of thioether (sulfide) groups is 1. The van der Waals surface area contributed by atoms with Gasteiger partial charge in [-0.05, 0) is 48.8 Å². The van der Waals surface area contributed by atoms with Crippen LogP contribution in [0.3, 0.4) is 0 Å². The van der Waals surface area contributed by atoms with Crippen molar-refractivity contribution in [2.75, 3.05) is 5.75 Å². The Kier molecular flexibility index (Phi) is 3.99. The summed E-state index contributed by atoms with van der Waals surface area (Å²) in [6, 6.07) is 6.37. The van der Waals surface area contributed by atoms with E-state index in [2.05, 4.69) is 31.2 Å². The van der Waals surface area contributed by atoms with Gasteiger partial charge in [0.1, 0.15) is 0 Å². The molecule has 0 N–H and O–H groups in total. The number of allylic oxidation sites excluding steroid dienone is 2. The molecule has 0 amide bonds. The van der Waals surface area contributed by atoms with Crippen LogP contribution >= 0.6 is 11.8 Å². The van der Waals surface area contributed by atoms with Crippen molar-refractivity contribution >= 4 is 11.8 Å². The summed E-state index contributed by atoms with van der Waals surface area (Å²) >= 11 is 1.92. The Hall–Kier alpha value is -1.39. The van der Waals surface area contributed by atoms with Crippen LogP contribution in [0, 0.1) is 12.3 Å². The second-order valence-electron chi connectivity index (χ2n) is 4.72. The Morgan fingerprint density at radius 3 is 2.67 bits per heavy atom. The largest absolute Gasteiger partial charge is 0.126 e. The monoisotopic (exact) mass is 254 g/mol. The lowest BCUT2D eigenvalue weighted by Crippen LogP contribution is -2.29. The van der Waals surface area contributed by atoms with Crippen molar-refractivity contribution in [2.45, 2.75) is 29.6 Å². The van der Waals surface area contributed by atoms with E-state index in [-0.39, 0.29) is 5.41 Å². The van der Waals surface area contributed by atoms with Gasteiger partial charge in [-0.15, -0.1) is 31.3 Å². The summed E-state index contributed by atoms with van der Waals surface area (Å²) in [7, 11) is 0. The van der Waals surface area contributed by atoms with E-state index in [9.17, 15) is 0 Å². The van der Waals surface area contributed by atoms with Gasteiger partial charge in [0.25, 0.3) is 0 Å². The van der Waals surface area contributed by atoms with Gasteiger partial charge < -0.3 is 0 Å². The lowest BCUT2D eigenvalue weighted by molar-refractivity contribution is 0.411. The normalized spacial score (nSPS) is 16.4. The van der Waals surface area contributed by atoms with Gasteiger partial charge in [-0.2, -0.15) is 0 Å². The van der Waals surface area contributed by atoms with Crippen molar-refractivity contribution in [3.05, 3.63) is 54.6 Å². The van der Waals surface area contributed by atoms with E-state index >= 15 is 0 Å². The van der Waals surface area contributed by atoms with Crippen LogP contribution in [0.5, 0.6) is 0 Å². The third-order valence-electron chi connectivity index (χ3n) is 3.63. The molecule has 0 bridgehead atoms. The molecule has 2 rings (SSSR count). The number of benzene rings is 1. The first kappa shape index (κ1) is 13.1. The fourth-order valence-electron chi connectivity index (χ4n) is 2.71. The Labute approximate surface area is 114 Å². The summed E-state index contributed by atoms with van der Waals surface area (Å²) in [5.41, 5.74) is 2.50. The minimum Gasteiger partial charge on any atom is -0.126 e. The van der Waals surface area contributed by atoms with Crippen molar-refractivity contribution in [1.29, 1.82) is 0 Å². The maximum Gasteiger partial charge on any atom is 0.0246 e. The fraction of sp³-hybridized carbons (Fsp3) is 0.294. The van der Waals surface area contributed by atoms with Gasteiger partial charge >= 0.3 is 0 Å². The number of rotatable bonds is 4. The van der Waals surface area contributed by atoms with E-state index in [0.29, 0.717) is 0 Å². The second-order valence-corrected chi connectivity index (χ2v) is 5.86. The zero-order valence-electron chi connectivity index (χ0n) is 10.6. The molecule has 0 saturated carbocycles. The van der Waals surface area contributed by atoms with Crippen molar-refractivity contribution < 1.29 is 0 Å². The average molecular weight is 254 g/mol. The van der Waals surface area contributed by atoms with Crippen LogP contribution in [0.4, 0.5) is 0 Å². The van der Waals surface area contributed by atoms with E-state index in [1.165, 1.54) is 10.5 Å². The standard InChI is InChI=1S/C17H18S/c1-4-9-17(10-5-2)11-12-18-16-8-7-14(6-3)13-15(16)17/h3-5,7-8,13H,1-2,9-12H2. The molecule has 1 aromatic rings. The van der Waals surface area contributed by atoms with Crippen molar-refractivity contribution in [3.63, 3.8) is 0 Å². The molecule has 0 spiro atoms. The molecule has 92 valence electrons. The molecule has 1 aliphatic heterocycles. The van der Waals surface area contributed by atoms with Crippen LogP contribution < -0.4 is 0 Å². The Morgan fingerprint density at radius 1 is 1.33 bits per heavy atom.